The fraction of sp³-hybridized carbons (Fsp3) is 0.435. The number of sulfone groups is 1. The van der Waals surface area contributed by atoms with Crippen molar-refractivity contribution in [2.45, 2.75) is 58.4 Å². The van der Waals surface area contributed by atoms with E-state index in [0.717, 1.165) is 34.8 Å². The predicted octanol–water partition coefficient (Wildman–Crippen LogP) is 4.20. The summed E-state index contributed by atoms with van der Waals surface area (Å²) in [7, 11) is -3.21. The molecule has 0 radical (unpaired) electrons. The zero-order chi connectivity index (χ0) is 22.1. The van der Waals surface area contributed by atoms with Gasteiger partial charge in [0.25, 0.3) is 0 Å². The first kappa shape index (κ1) is 27.4. The zero-order valence-corrected chi connectivity index (χ0v) is 22.1. The number of hydrogen-bond donors (Lipinski definition) is 2. The van der Waals surface area contributed by atoms with Gasteiger partial charge in [-0.3, -0.25) is 0 Å². The maximum Gasteiger partial charge on any atom is 0.191 e. The lowest BCUT2D eigenvalue weighted by atomic mass is 10.1. The molecule has 0 saturated heterocycles. The predicted molar refractivity (Wildman–Crippen MR) is 138 cm³/mol. The Morgan fingerprint density at radius 3 is 2.19 bits per heavy atom. The van der Waals surface area contributed by atoms with Crippen LogP contribution in [0, 0.1) is 6.92 Å². The van der Waals surface area contributed by atoms with Gasteiger partial charge in [0.15, 0.2) is 15.8 Å². The van der Waals surface area contributed by atoms with Crippen molar-refractivity contribution in [3.05, 3.63) is 64.7 Å². The molecule has 0 aliphatic rings. The summed E-state index contributed by atoms with van der Waals surface area (Å²) in [5, 5.41) is 6.58. The van der Waals surface area contributed by atoms with E-state index in [1.165, 1.54) is 6.26 Å². The SMILES string of the molecule is CCNC(=NCc1ccc(S(C)(=O)=O)c(C)c1)NCc1ccc(COC(C)C)cc1.I. The maximum atomic E-state index is 11.8. The quantitative estimate of drug-likeness (QED) is 0.274. The maximum absolute atomic E-state index is 11.8. The Morgan fingerprint density at radius 1 is 1.03 bits per heavy atom. The van der Waals surface area contributed by atoms with Crippen LogP contribution in [0.5, 0.6) is 0 Å². The van der Waals surface area contributed by atoms with E-state index in [1.54, 1.807) is 6.07 Å². The zero-order valence-electron chi connectivity index (χ0n) is 18.9. The molecule has 0 saturated carbocycles. The lowest BCUT2D eigenvalue weighted by Gasteiger charge is -2.12. The molecule has 0 fully saturated rings. The lowest BCUT2D eigenvalue weighted by molar-refractivity contribution is 0.0657. The van der Waals surface area contributed by atoms with E-state index in [2.05, 4.69) is 39.9 Å². The first-order valence-corrected chi connectivity index (χ1v) is 12.1. The van der Waals surface area contributed by atoms with E-state index in [0.29, 0.717) is 24.6 Å². The Bertz CT molecular complexity index is 959. The van der Waals surface area contributed by atoms with Gasteiger partial charge in [0.1, 0.15) is 0 Å². The number of rotatable bonds is 9. The Morgan fingerprint density at radius 2 is 1.65 bits per heavy atom. The van der Waals surface area contributed by atoms with Gasteiger partial charge in [-0.15, -0.1) is 24.0 Å². The van der Waals surface area contributed by atoms with Crippen molar-refractivity contribution in [2.75, 3.05) is 12.8 Å². The van der Waals surface area contributed by atoms with E-state index < -0.39 is 9.84 Å². The van der Waals surface area contributed by atoms with Crippen LogP contribution in [0.15, 0.2) is 52.4 Å². The molecule has 0 bridgehead atoms. The molecule has 2 aromatic carbocycles. The number of aryl methyl sites for hydroxylation is 1. The highest BCUT2D eigenvalue weighted by atomic mass is 127. The second-order valence-electron chi connectivity index (χ2n) is 7.60. The first-order valence-electron chi connectivity index (χ1n) is 10.2. The van der Waals surface area contributed by atoms with Crippen LogP contribution in [-0.2, 0) is 34.3 Å². The standard InChI is InChI=1S/C23H33N3O3S.HI/c1-6-24-23(25-14-19-7-9-20(10-8-19)16-29-17(2)3)26-15-21-11-12-22(18(4)13-21)30(5,27)28;/h7-13,17H,6,14-16H2,1-5H3,(H2,24,25,26);1H. The van der Waals surface area contributed by atoms with Crippen molar-refractivity contribution in [3.63, 3.8) is 0 Å². The van der Waals surface area contributed by atoms with Crippen LogP contribution in [0.1, 0.15) is 43.0 Å². The van der Waals surface area contributed by atoms with E-state index in [-0.39, 0.29) is 30.1 Å². The lowest BCUT2D eigenvalue weighted by Crippen LogP contribution is -2.36. The number of hydrogen-bond acceptors (Lipinski definition) is 4. The number of benzene rings is 2. The molecular weight excluding hydrogens is 525 g/mol. The van der Waals surface area contributed by atoms with Crippen molar-refractivity contribution >= 4 is 39.8 Å². The molecule has 172 valence electrons. The topological polar surface area (TPSA) is 79.8 Å². The Labute approximate surface area is 203 Å². The Kier molecular flexibility index (Phi) is 11.5. The minimum Gasteiger partial charge on any atom is -0.374 e. The molecule has 0 atom stereocenters. The van der Waals surface area contributed by atoms with Crippen molar-refractivity contribution < 1.29 is 13.2 Å². The highest BCUT2D eigenvalue weighted by molar-refractivity contribution is 14.0. The van der Waals surface area contributed by atoms with Crippen LogP contribution in [0.2, 0.25) is 0 Å². The molecule has 2 N–H and O–H groups in total. The summed E-state index contributed by atoms with van der Waals surface area (Å²) < 4.78 is 29.2. The summed E-state index contributed by atoms with van der Waals surface area (Å²) in [6.07, 6.45) is 1.45. The van der Waals surface area contributed by atoms with Crippen LogP contribution in [0.25, 0.3) is 0 Å². The molecule has 2 aromatic rings. The third-order valence-corrected chi connectivity index (χ3v) is 5.73. The molecule has 2 rings (SSSR count). The van der Waals surface area contributed by atoms with Crippen LogP contribution in [0.3, 0.4) is 0 Å². The van der Waals surface area contributed by atoms with Gasteiger partial charge in [-0.25, -0.2) is 13.4 Å². The molecule has 0 heterocycles. The summed E-state index contributed by atoms with van der Waals surface area (Å²) in [5.41, 5.74) is 4.01. The number of guanidine groups is 1. The minimum absolute atomic E-state index is 0. The van der Waals surface area contributed by atoms with Crippen molar-refractivity contribution in [1.82, 2.24) is 10.6 Å². The van der Waals surface area contributed by atoms with Gasteiger partial charge in [-0.05, 0) is 56.0 Å². The summed E-state index contributed by atoms with van der Waals surface area (Å²) in [6, 6.07) is 13.7. The van der Waals surface area contributed by atoms with Gasteiger partial charge in [0.2, 0.25) is 0 Å². The van der Waals surface area contributed by atoms with E-state index in [4.69, 9.17) is 4.74 Å². The third-order valence-electron chi connectivity index (χ3n) is 4.47. The number of nitrogens with zero attached hydrogens (tertiary/aromatic N) is 1. The second-order valence-corrected chi connectivity index (χ2v) is 9.58. The van der Waals surface area contributed by atoms with Crippen molar-refractivity contribution in [3.8, 4) is 0 Å². The fourth-order valence-electron chi connectivity index (χ4n) is 2.94. The van der Waals surface area contributed by atoms with Gasteiger partial charge in [0, 0.05) is 19.3 Å². The van der Waals surface area contributed by atoms with Crippen molar-refractivity contribution in [2.24, 2.45) is 4.99 Å². The number of ether oxygens (including phenoxy) is 1. The van der Waals surface area contributed by atoms with Gasteiger partial charge in [-0.2, -0.15) is 0 Å². The van der Waals surface area contributed by atoms with Gasteiger partial charge in [-0.1, -0.05) is 36.4 Å². The summed E-state index contributed by atoms with van der Waals surface area (Å²) in [6.45, 7) is 10.4. The molecule has 0 aromatic heterocycles. The molecule has 0 aliphatic heterocycles. The number of nitrogens with one attached hydrogen (secondary N) is 2. The highest BCUT2D eigenvalue weighted by Crippen LogP contribution is 2.17. The largest absolute Gasteiger partial charge is 0.374 e. The van der Waals surface area contributed by atoms with Crippen LogP contribution >= 0.6 is 24.0 Å². The van der Waals surface area contributed by atoms with Crippen LogP contribution in [-0.4, -0.2) is 33.3 Å². The molecule has 0 spiro atoms. The number of aliphatic imine (C=N–C) groups is 1. The van der Waals surface area contributed by atoms with Gasteiger partial charge >= 0.3 is 0 Å². The first-order chi connectivity index (χ1) is 14.2. The second kappa shape index (κ2) is 13.0. The smallest absolute Gasteiger partial charge is 0.191 e. The van der Waals surface area contributed by atoms with Crippen LogP contribution < -0.4 is 10.6 Å². The Hall–Kier alpha value is -1.65. The summed E-state index contributed by atoms with van der Waals surface area (Å²) >= 11 is 0. The monoisotopic (exact) mass is 559 g/mol. The molecule has 31 heavy (non-hydrogen) atoms. The van der Waals surface area contributed by atoms with E-state index in [1.807, 2.05) is 39.8 Å². The van der Waals surface area contributed by atoms with E-state index in [9.17, 15) is 8.42 Å². The average molecular weight is 560 g/mol. The third kappa shape index (κ3) is 9.57. The highest BCUT2D eigenvalue weighted by Gasteiger charge is 2.10. The minimum atomic E-state index is -3.21. The van der Waals surface area contributed by atoms with Gasteiger partial charge < -0.3 is 15.4 Å². The molecule has 0 amide bonds. The summed E-state index contributed by atoms with van der Waals surface area (Å²) in [4.78, 5) is 4.99. The summed E-state index contributed by atoms with van der Waals surface area (Å²) in [5.74, 6) is 0.717. The molecule has 0 unspecified atom stereocenters. The molecule has 8 heteroatoms. The Balaban J connectivity index is 0.00000480. The number of halogens is 1. The molecule has 6 nitrogen and oxygen atoms in total. The normalized spacial score (nSPS) is 11.9. The van der Waals surface area contributed by atoms with Crippen LogP contribution in [0.4, 0.5) is 0 Å². The fourth-order valence-corrected chi connectivity index (χ4v) is 3.90. The van der Waals surface area contributed by atoms with Gasteiger partial charge in [0.05, 0.1) is 24.2 Å². The molecular formula is C23H34IN3O3S. The average Bonchev–Trinajstić information content (AvgIpc) is 2.68. The molecule has 0 aliphatic carbocycles. The van der Waals surface area contributed by atoms with Crippen molar-refractivity contribution in [1.29, 1.82) is 0 Å². The van der Waals surface area contributed by atoms with E-state index >= 15 is 0 Å².